The van der Waals surface area contributed by atoms with Crippen molar-refractivity contribution in [3.8, 4) is 0 Å². The third-order valence-electron chi connectivity index (χ3n) is 3.03. The van der Waals surface area contributed by atoms with Crippen LogP contribution in [0, 0.1) is 8.99 Å². The van der Waals surface area contributed by atoms with Gasteiger partial charge in [-0.25, -0.2) is 13.1 Å². The van der Waals surface area contributed by atoms with E-state index < -0.39 is 21.4 Å². The van der Waals surface area contributed by atoms with E-state index in [0.717, 1.165) is 3.57 Å². The largest absolute Gasteiger partial charge is 0.481 e. The first-order chi connectivity index (χ1) is 8.36. The maximum atomic E-state index is 11.9. The predicted octanol–water partition coefficient (Wildman–Crippen LogP) is 1.43. The molecule has 0 aliphatic heterocycles. The molecular formula is C11H12INO4S. The molecule has 7 heteroatoms. The Morgan fingerprint density at radius 1 is 1.33 bits per heavy atom. The van der Waals surface area contributed by atoms with Crippen molar-refractivity contribution in [3.63, 3.8) is 0 Å². The molecular weight excluding hydrogens is 369 g/mol. The lowest BCUT2D eigenvalue weighted by atomic mass is 10.1. The van der Waals surface area contributed by atoms with E-state index in [4.69, 9.17) is 5.11 Å². The lowest BCUT2D eigenvalue weighted by Crippen LogP contribution is -2.34. The van der Waals surface area contributed by atoms with E-state index in [0.29, 0.717) is 12.8 Å². The van der Waals surface area contributed by atoms with Gasteiger partial charge in [-0.2, -0.15) is 0 Å². The maximum Gasteiger partial charge on any atom is 0.310 e. The van der Waals surface area contributed by atoms with Crippen LogP contribution < -0.4 is 4.72 Å². The number of hydrogen-bond donors (Lipinski definition) is 2. The van der Waals surface area contributed by atoms with Gasteiger partial charge >= 0.3 is 5.97 Å². The fourth-order valence-electron chi connectivity index (χ4n) is 1.55. The van der Waals surface area contributed by atoms with Crippen LogP contribution in [0.1, 0.15) is 12.8 Å². The Kier molecular flexibility index (Phi) is 3.65. The molecule has 98 valence electrons. The minimum atomic E-state index is -3.62. The molecule has 1 aliphatic rings. The lowest BCUT2D eigenvalue weighted by Gasteiger charge is -2.11. The summed E-state index contributed by atoms with van der Waals surface area (Å²) in [5, 5.41) is 8.97. The molecule has 0 atom stereocenters. The number of hydrogen-bond acceptors (Lipinski definition) is 3. The minimum Gasteiger partial charge on any atom is -0.481 e. The van der Waals surface area contributed by atoms with Gasteiger partial charge in [0.1, 0.15) is 0 Å². The topological polar surface area (TPSA) is 83.5 Å². The average molecular weight is 381 g/mol. The van der Waals surface area contributed by atoms with Gasteiger partial charge < -0.3 is 5.11 Å². The molecule has 0 heterocycles. The van der Waals surface area contributed by atoms with Crippen LogP contribution in [0.3, 0.4) is 0 Å². The quantitative estimate of drug-likeness (QED) is 0.757. The van der Waals surface area contributed by atoms with Crippen molar-refractivity contribution in [1.82, 2.24) is 4.72 Å². The monoisotopic (exact) mass is 381 g/mol. The third-order valence-corrected chi connectivity index (χ3v) is 5.17. The molecule has 0 radical (unpaired) electrons. The average Bonchev–Trinajstić information content (AvgIpc) is 3.08. The number of carboxylic acids is 1. The second-order valence-electron chi connectivity index (χ2n) is 4.36. The van der Waals surface area contributed by atoms with Gasteiger partial charge in [-0.15, -0.1) is 0 Å². The molecule has 0 spiro atoms. The van der Waals surface area contributed by atoms with Crippen LogP contribution in [0.15, 0.2) is 29.2 Å². The van der Waals surface area contributed by atoms with E-state index >= 15 is 0 Å². The molecule has 1 aromatic rings. The van der Waals surface area contributed by atoms with E-state index in [-0.39, 0.29) is 11.4 Å². The molecule has 0 amide bonds. The van der Waals surface area contributed by atoms with Crippen molar-refractivity contribution in [2.24, 2.45) is 5.41 Å². The van der Waals surface area contributed by atoms with Crippen LogP contribution in [0.25, 0.3) is 0 Å². The lowest BCUT2D eigenvalue weighted by molar-refractivity contribution is -0.143. The zero-order chi connectivity index (χ0) is 13.4. The standard InChI is InChI=1S/C11H12INO4S/c12-8-1-3-9(4-2-8)18(16,17)13-7-11(5-6-11)10(14)15/h1-4,13H,5-7H2,(H,14,15). The maximum absolute atomic E-state index is 11.9. The Morgan fingerprint density at radius 2 is 1.89 bits per heavy atom. The Labute approximate surface area is 119 Å². The Balaban J connectivity index is 2.09. The molecule has 0 saturated heterocycles. The van der Waals surface area contributed by atoms with Crippen LogP contribution in [0.2, 0.25) is 0 Å². The predicted molar refractivity (Wildman–Crippen MR) is 73.7 cm³/mol. The van der Waals surface area contributed by atoms with Gasteiger partial charge in [-0.3, -0.25) is 4.79 Å². The number of halogens is 1. The highest BCUT2D eigenvalue weighted by atomic mass is 127. The normalized spacial score (nSPS) is 17.4. The molecule has 1 saturated carbocycles. The zero-order valence-corrected chi connectivity index (χ0v) is 12.4. The summed E-state index contributed by atoms with van der Waals surface area (Å²) in [5.74, 6) is -0.937. The van der Waals surface area contributed by atoms with E-state index in [2.05, 4.69) is 27.3 Å². The number of rotatable bonds is 5. The molecule has 2 N–H and O–H groups in total. The van der Waals surface area contributed by atoms with Gasteiger partial charge in [0.15, 0.2) is 0 Å². The molecule has 18 heavy (non-hydrogen) atoms. The van der Waals surface area contributed by atoms with Crippen LogP contribution >= 0.6 is 22.6 Å². The second-order valence-corrected chi connectivity index (χ2v) is 7.38. The molecule has 1 aliphatic carbocycles. The number of aliphatic carboxylic acids is 1. The van der Waals surface area contributed by atoms with Crippen molar-refractivity contribution in [2.75, 3.05) is 6.54 Å². The number of carbonyl (C=O) groups is 1. The van der Waals surface area contributed by atoms with Gasteiger partial charge in [-0.1, -0.05) is 0 Å². The number of benzene rings is 1. The Morgan fingerprint density at radius 3 is 2.33 bits per heavy atom. The van der Waals surface area contributed by atoms with Crippen molar-refractivity contribution >= 4 is 38.6 Å². The van der Waals surface area contributed by atoms with Gasteiger partial charge in [-0.05, 0) is 59.7 Å². The molecule has 0 aromatic heterocycles. The summed E-state index contributed by atoms with van der Waals surface area (Å²) in [7, 11) is -3.62. The molecule has 2 rings (SSSR count). The molecule has 0 bridgehead atoms. The van der Waals surface area contributed by atoms with Crippen LogP contribution in [-0.2, 0) is 14.8 Å². The highest BCUT2D eigenvalue weighted by Gasteiger charge is 2.50. The van der Waals surface area contributed by atoms with Crippen LogP contribution in [0.4, 0.5) is 0 Å². The summed E-state index contributed by atoms with van der Waals surface area (Å²) in [5.41, 5.74) is -0.893. The number of carboxylic acid groups (broad SMARTS) is 1. The van der Waals surface area contributed by atoms with Crippen LogP contribution in [0.5, 0.6) is 0 Å². The van der Waals surface area contributed by atoms with E-state index in [1.54, 1.807) is 12.1 Å². The van der Waals surface area contributed by atoms with Crippen molar-refractivity contribution in [2.45, 2.75) is 17.7 Å². The van der Waals surface area contributed by atoms with E-state index in [1.807, 2.05) is 0 Å². The van der Waals surface area contributed by atoms with Gasteiger partial charge in [0.25, 0.3) is 0 Å². The first kappa shape index (κ1) is 13.8. The zero-order valence-electron chi connectivity index (χ0n) is 9.39. The summed E-state index contributed by atoms with van der Waals surface area (Å²) in [6, 6.07) is 6.40. The number of sulfonamides is 1. The summed E-state index contributed by atoms with van der Waals surface area (Å²) < 4.78 is 27.2. The molecule has 1 aromatic carbocycles. The van der Waals surface area contributed by atoms with E-state index in [9.17, 15) is 13.2 Å². The summed E-state index contributed by atoms with van der Waals surface area (Å²) in [6.07, 6.45) is 1.05. The first-order valence-corrected chi connectivity index (χ1v) is 7.91. The SMILES string of the molecule is O=C(O)C1(CNS(=O)(=O)c2ccc(I)cc2)CC1. The third kappa shape index (κ3) is 2.83. The highest BCUT2D eigenvalue weighted by Crippen LogP contribution is 2.45. The first-order valence-electron chi connectivity index (χ1n) is 5.34. The second kappa shape index (κ2) is 4.78. The highest BCUT2D eigenvalue weighted by molar-refractivity contribution is 14.1. The minimum absolute atomic E-state index is 0.0450. The Hall–Kier alpha value is -0.670. The Bertz CT molecular complexity index is 563. The summed E-state index contributed by atoms with van der Waals surface area (Å²) in [4.78, 5) is 11.1. The van der Waals surface area contributed by atoms with Crippen molar-refractivity contribution in [1.29, 1.82) is 0 Å². The van der Waals surface area contributed by atoms with Crippen molar-refractivity contribution in [3.05, 3.63) is 27.8 Å². The summed E-state index contributed by atoms with van der Waals surface area (Å²) >= 11 is 2.08. The van der Waals surface area contributed by atoms with E-state index in [1.165, 1.54) is 12.1 Å². The molecule has 1 fully saturated rings. The summed E-state index contributed by atoms with van der Waals surface area (Å²) in [6.45, 7) is -0.0450. The fourth-order valence-corrected chi connectivity index (χ4v) is 3.03. The van der Waals surface area contributed by atoms with Crippen molar-refractivity contribution < 1.29 is 18.3 Å². The smallest absolute Gasteiger partial charge is 0.310 e. The van der Waals surface area contributed by atoms with Crippen LogP contribution in [-0.4, -0.2) is 26.0 Å². The fraction of sp³-hybridized carbons (Fsp3) is 0.364. The number of nitrogens with one attached hydrogen (secondary N) is 1. The van der Waals surface area contributed by atoms with Gasteiger partial charge in [0, 0.05) is 10.1 Å². The molecule has 5 nitrogen and oxygen atoms in total. The van der Waals surface area contributed by atoms with Gasteiger partial charge in [0.2, 0.25) is 10.0 Å². The van der Waals surface area contributed by atoms with Gasteiger partial charge in [0.05, 0.1) is 10.3 Å². The molecule has 0 unspecified atom stereocenters.